The summed E-state index contributed by atoms with van der Waals surface area (Å²) in [6.45, 7) is 0. The number of benzene rings is 9. The standard InChI is InChI=1S/C44H28O8/c45-37-33-31(23-18-16-22(17-19-23)26-15-7-10-21-8-1-3-11-25(21)26)34-36(40(48)44(52)42(50)38(34)46)32(35(33)39(47)43(51)41(37)49)30-20-24-9-2-4-12-27(24)28-13-5-6-14-29(28)30/h1-20,45-52H. The van der Waals surface area contributed by atoms with Crippen molar-refractivity contribution in [3.63, 3.8) is 0 Å². The largest absolute Gasteiger partial charge is 0.504 e. The highest BCUT2D eigenvalue weighted by Crippen LogP contribution is 2.62. The Balaban J connectivity index is 1.48. The van der Waals surface area contributed by atoms with Crippen molar-refractivity contribution in [2.24, 2.45) is 0 Å². The molecule has 0 saturated carbocycles. The molecule has 0 bridgehead atoms. The van der Waals surface area contributed by atoms with Gasteiger partial charge in [0.25, 0.3) is 0 Å². The Morgan fingerprint density at radius 1 is 0.269 bits per heavy atom. The van der Waals surface area contributed by atoms with Gasteiger partial charge in [-0.15, -0.1) is 0 Å². The molecule has 0 aromatic heterocycles. The van der Waals surface area contributed by atoms with E-state index in [4.69, 9.17) is 0 Å². The van der Waals surface area contributed by atoms with Gasteiger partial charge in [0, 0.05) is 32.7 Å². The Morgan fingerprint density at radius 2 is 0.692 bits per heavy atom. The molecule has 9 rings (SSSR count). The summed E-state index contributed by atoms with van der Waals surface area (Å²) in [5.41, 5.74) is 2.52. The molecule has 9 aromatic carbocycles. The van der Waals surface area contributed by atoms with Crippen molar-refractivity contribution < 1.29 is 40.9 Å². The molecule has 0 aliphatic heterocycles. The average molecular weight is 685 g/mol. The SMILES string of the molecule is Oc1c(O)c(O)c2c(-c3cc4ccccc4c4ccccc34)c3c(O)c(O)c(O)c(O)c3c(-c3ccc(-c4cccc5ccccc45)cc3)c2c1O. The molecule has 0 atom stereocenters. The minimum absolute atomic E-state index is 0.00508. The van der Waals surface area contributed by atoms with Gasteiger partial charge in [0.2, 0.25) is 23.0 Å². The van der Waals surface area contributed by atoms with Crippen molar-refractivity contribution in [1.29, 1.82) is 0 Å². The number of fused-ring (bicyclic) bond motifs is 6. The predicted molar refractivity (Wildman–Crippen MR) is 204 cm³/mol. The molecule has 8 heteroatoms. The fourth-order valence-corrected chi connectivity index (χ4v) is 7.73. The van der Waals surface area contributed by atoms with Gasteiger partial charge in [-0.25, -0.2) is 0 Å². The van der Waals surface area contributed by atoms with Crippen LogP contribution in [0.25, 0.3) is 87.2 Å². The molecule has 0 radical (unpaired) electrons. The zero-order valence-corrected chi connectivity index (χ0v) is 27.1. The van der Waals surface area contributed by atoms with Crippen LogP contribution in [0.1, 0.15) is 0 Å². The third-order valence-corrected chi connectivity index (χ3v) is 10.1. The first-order chi connectivity index (χ1) is 25.2. The Labute approximate surface area is 294 Å². The maximum Gasteiger partial charge on any atom is 0.204 e. The average Bonchev–Trinajstić information content (AvgIpc) is 3.19. The minimum atomic E-state index is -1.01. The van der Waals surface area contributed by atoms with Crippen LogP contribution in [0.4, 0.5) is 0 Å². The highest BCUT2D eigenvalue weighted by molar-refractivity contribution is 6.31. The van der Waals surface area contributed by atoms with Gasteiger partial charge < -0.3 is 40.9 Å². The first-order valence-corrected chi connectivity index (χ1v) is 16.4. The van der Waals surface area contributed by atoms with E-state index in [0.717, 1.165) is 38.1 Å². The lowest BCUT2D eigenvalue weighted by atomic mass is 9.81. The molecular weight excluding hydrogens is 656 g/mol. The topological polar surface area (TPSA) is 162 Å². The summed E-state index contributed by atoms with van der Waals surface area (Å²) in [5, 5.41) is 95.1. The zero-order valence-electron chi connectivity index (χ0n) is 27.1. The van der Waals surface area contributed by atoms with Crippen molar-refractivity contribution in [3.05, 3.63) is 121 Å². The molecular formula is C44H28O8. The van der Waals surface area contributed by atoms with Crippen LogP contribution in [0.3, 0.4) is 0 Å². The van der Waals surface area contributed by atoms with Crippen LogP contribution in [0.15, 0.2) is 121 Å². The van der Waals surface area contributed by atoms with Gasteiger partial charge in [0.15, 0.2) is 23.0 Å². The van der Waals surface area contributed by atoms with Crippen LogP contribution >= 0.6 is 0 Å². The maximum atomic E-state index is 11.7. The summed E-state index contributed by atoms with van der Waals surface area (Å²) in [5.74, 6) is -7.34. The third kappa shape index (κ3) is 4.15. The monoisotopic (exact) mass is 684 g/mol. The van der Waals surface area contributed by atoms with E-state index in [2.05, 4.69) is 0 Å². The summed E-state index contributed by atoms with van der Waals surface area (Å²) in [6.07, 6.45) is 0. The second kappa shape index (κ2) is 11.1. The van der Waals surface area contributed by atoms with Gasteiger partial charge in [-0.05, 0) is 60.6 Å². The van der Waals surface area contributed by atoms with Crippen molar-refractivity contribution in [3.8, 4) is 79.4 Å². The third-order valence-electron chi connectivity index (χ3n) is 10.1. The van der Waals surface area contributed by atoms with Crippen LogP contribution in [0.5, 0.6) is 46.0 Å². The van der Waals surface area contributed by atoms with Crippen molar-refractivity contribution in [1.82, 2.24) is 0 Å². The fraction of sp³-hybridized carbons (Fsp3) is 0. The van der Waals surface area contributed by atoms with E-state index >= 15 is 0 Å². The maximum absolute atomic E-state index is 11.7. The molecule has 0 fully saturated rings. The van der Waals surface area contributed by atoms with Crippen molar-refractivity contribution in [2.75, 3.05) is 0 Å². The van der Waals surface area contributed by atoms with Crippen LogP contribution in [-0.4, -0.2) is 40.9 Å². The van der Waals surface area contributed by atoms with Gasteiger partial charge in [0.05, 0.1) is 0 Å². The molecule has 0 spiro atoms. The first-order valence-electron chi connectivity index (χ1n) is 16.4. The molecule has 9 aromatic rings. The number of phenols is 8. The number of phenolic OH excluding ortho intramolecular Hbond substituents is 8. The highest BCUT2D eigenvalue weighted by atomic mass is 16.4. The molecule has 8 nitrogen and oxygen atoms in total. The van der Waals surface area contributed by atoms with E-state index in [1.165, 1.54) is 0 Å². The molecule has 52 heavy (non-hydrogen) atoms. The van der Waals surface area contributed by atoms with E-state index in [9.17, 15) is 40.9 Å². The molecule has 0 aliphatic carbocycles. The van der Waals surface area contributed by atoms with Crippen LogP contribution in [0.2, 0.25) is 0 Å². The quantitative estimate of drug-likeness (QED) is 0.0395. The van der Waals surface area contributed by atoms with Crippen LogP contribution < -0.4 is 0 Å². The van der Waals surface area contributed by atoms with E-state index in [1.807, 2.05) is 97.1 Å². The molecule has 0 saturated heterocycles. The summed E-state index contributed by atoms with van der Waals surface area (Å²) < 4.78 is 0. The molecule has 252 valence electrons. The number of aromatic hydroxyl groups is 8. The molecule has 0 aliphatic rings. The van der Waals surface area contributed by atoms with Gasteiger partial charge >= 0.3 is 0 Å². The van der Waals surface area contributed by atoms with E-state index in [-0.39, 0.29) is 32.7 Å². The summed E-state index contributed by atoms with van der Waals surface area (Å²) in [4.78, 5) is 0. The van der Waals surface area contributed by atoms with Gasteiger partial charge in [-0.1, -0.05) is 115 Å². The van der Waals surface area contributed by atoms with Crippen molar-refractivity contribution >= 4 is 53.9 Å². The lowest BCUT2D eigenvalue weighted by Crippen LogP contribution is -1.95. The van der Waals surface area contributed by atoms with Crippen LogP contribution in [-0.2, 0) is 0 Å². The molecule has 0 unspecified atom stereocenters. The summed E-state index contributed by atoms with van der Waals surface area (Å²) >= 11 is 0. The summed E-state index contributed by atoms with van der Waals surface area (Å²) in [6, 6.07) is 37.7. The lowest BCUT2D eigenvalue weighted by Gasteiger charge is -2.23. The zero-order chi connectivity index (χ0) is 36.0. The number of rotatable bonds is 3. The van der Waals surface area contributed by atoms with Crippen LogP contribution in [0, 0.1) is 0 Å². The normalized spacial score (nSPS) is 11.7. The Morgan fingerprint density at radius 3 is 1.27 bits per heavy atom. The molecule has 0 amide bonds. The smallest absolute Gasteiger partial charge is 0.204 e. The highest BCUT2D eigenvalue weighted by Gasteiger charge is 2.33. The Hall–Kier alpha value is -7.32. The molecule has 0 heterocycles. The fourth-order valence-electron chi connectivity index (χ4n) is 7.73. The second-order valence-electron chi connectivity index (χ2n) is 12.8. The van der Waals surface area contributed by atoms with E-state index in [0.29, 0.717) is 16.5 Å². The summed E-state index contributed by atoms with van der Waals surface area (Å²) in [7, 11) is 0. The first kappa shape index (κ1) is 30.7. The molecule has 8 N–H and O–H groups in total. The van der Waals surface area contributed by atoms with E-state index in [1.54, 1.807) is 24.3 Å². The Kier molecular flexibility index (Phi) is 6.55. The van der Waals surface area contributed by atoms with Gasteiger partial charge in [0.1, 0.15) is 0 Å². The Bertz CT molecular complexity index is 2900. The minimum Gasteiger partial charge on any atom is -0.504 e. The number of hydrogen-bond donors (Lipinski definition) is 8. The number of hydrogen-bond acceptors (Lipinski definition) is 8. The second-order valence-corrected chi connectivity index (χ2v) is 12.8. The van der Waals surface area contributed by atoms with Gasteiger partial charge in [-0.2, -0.15) is 0 Å². The van der Waals surface area contributed by atoms with E-state index < -0.39 is 46.0 Å². The lowest BCUT2D eigenvalue weighted by molar-refractivity contribution is 0.350. The predicted octanol–water partition coefficient (Wildman–Crippen LogP) is 10.1. The van der Waals surface area contributed by atoms with Gasteiger partial charge in [-0.3, -0.25) is 0 Å². The van der Waals surface area contributed by atoms with Crippen molar-refractivity contribution in [2.45, 2.75) is 0 Å².